The van der Waals surface area contributed by atoms with E-state index in [-0.39, 0.29) is 6.04 Å². The molecule has 0 bridgehead atoms. The van der Waals surface area contributed by atoms with Gasteiger partial charge in [0.2, 0.25) is 0 Å². The molecule has 1 heterocycles. The number of aryl methyl sites for hydroxylation is 1. The second-order valence-electron chi connectivity index (χ2n) is 4.44. The van der Waals surface area contributed by atoms with Crippen molar-refractivity contribution in [2.45, 2.75) is 19.5 Å². The van der Waals surface area contributed by atoms with Crippen LogP contribution in [0.25, 0.3) is 0 Å². The van der Waals surface area contributed by atoms with E-state index in [1.54, 1.807) is 31.2 Å². The number of nitrogens with two attached hydrogens (primary N) is 1. The van der Waals surface area contributed by atoms with E-state index in [1.807, 2.05) is 19.1 Å². The highest BCUT2D eigenvalue weighted by atomic mass is 35.5. The molecule has 0 amide bonds. The SMILES string of the molecule is CCn1ncc(Cl)c1C(NN)c1cc(OC)cc(OC)c1. The first-order valence-electron chi connectivity index (χ1n) is 6.54. The third kappa shape index (κ3) is 3.12. The van der Waals surface area contributed by atoms with Crippen LogP contribution in [0.3, 0.4) is 0 Å². The van der Waals surface area contributed by atoms with Crippen LogP contribution in [0.4, 0.5) is 0 Å². The number of halogens is 1. The number of methoxy groups -OCH3 is 2. The molecular formula is C14H19ClN4O2. The molecule has 0 fully saturated rings. The Bertz CT molecular complexity index is 593. The minimum absolute atomic E-state index is 0.316. The van der Waals surface area contributed by atoms with Crippen LogP contribution in [0.2, 0.25) is 5.02 Å². The van der Waals surface area contributed by atoms with Crippen LogP contribution in [0.15, 0.2) is 24.4 Å². The summed E-state index contributed by atoms with van der Waals surface area (Å²) in [6, 6.07) is 5.26. The first-order chi connectivity index (χ1) is 10.1. The normalized spacial score (nSPS) is 12.2. The molecule has 1 unspecified atom stereocenters. The third-order valence-electron chi connectivity index (χ3n) is 3.28. The molecule has 0 radical (unpaired) electrons. The fraction of sp³-hybridized carbons (Fsp3) is 0.357. The summed E-state index contributed by atoms with van der Waals surface area (Å²) < 4.78 is 12.4. The molecule has 1 aromatic heterocycles. The summed E-state index contributed by atoms with van der Waals surface area (Å²) in [6.07, 6.45) is 1.61. The number of ether oxygens (including phenoxy) is 2. The van der Waals surface area contributed by atoms with Crippen LogP contribution in [-0.2, 0) is 6.54 Å². The quantitative estimate of drug-likeness (QED) is 0.631. The van der Waals surface area contributed by atoms with Crippen molar-refractivity contribution in [2.75, 3.05) is 14.2 Å². The molecule has 1 aromatic carbocycles. The van der Waals surface area contributed by atoms with Crippen molar-refractivity contribution < 1.29 is 9.47 Å². The summed E-state index contributed by atoms with van der Waals surface area (Å²) in [4.78, 5) is 0. The summed E-state index contributed by atoms with van der Waals surface area (Å²) >= 11 is 6.25. The highest BCUT2D eigenvalue weighted by molar-refractivity contribution is 6.31. The Morgan fingerprint density at radius 2 is 1.90 bits per heavy atom. The second kappa shape index (κ2) is 6.80. The van der Waals surface area contributed by atoms with Gasteiger partial charge in [0.1, 0.15) is 11.5 Å². The van der Waals surface area contributed by atoms with E-state index in [0.29, 0.717) is 23.1 Å². The van der Waals surface area contributed by atoms with E-state index in [4.69, 9.17) is 26.9 Å². The van der Waals surface area contributed by atoms with Crippen LogP contribution in [0.5, 0.6) is 11.5 Å². The standard InChI is InChI=1S/C14H19ClN4O2/c1-4-19-14(12(15)8-17-19)13(18-16)9-5-10(20-2)7-11(6-9)21-3/h5-8,13,18H,4,16H2,1-3H3. The molecule has 0 aliphatic heterocycles. The number of aromatic nitrogens is 2. The lowest BCUT2D eigenvalue weighted by molar-refractivity contribution is 0.392. The molecule has 0 saturated carbocycles. The lowest BCUT2D eigenvalue weighted by Gasteiger charge is -2.19. The van der Waals surface area contributed by atoms with Crippen molar-refractivity contribution in [3.05, 3.63) is 40.7 Å². The average Bonchev–Trinajstić information content (AvgIpc) is 2.89. The molecule has 21 heavy (non-hydrogen) atoms. The van der Waals surface area contributed by atoms with Gasteiger partial charge < -0.3 is 9.47 Å². The van der Waals surface area contributed by atoms with Gasteiger partial charge in [0.15, 0.2) is 0 Å². The summed E-state index contributed by atoms with van der Waals surface area (Å²) in [5, 5.41) is 4.80. The van der Waals surface area contributed by atoms with Gasteiger partial charge >= 0.3 is 0 Å². The Hall–Kier alpha value is -1.76. The van der Waals surface area contributed by atoms with Gasteiger partial charge in [0.25, 0.3) is 0 Å². The van der Waals surface area contributed by atoms with Crippen LogP contribution < -0.4 is 20.7 Å². The Labute approximate surface area is 128 Å². The molecule has 3 N–H and O–H groups in total. The smallest absolute Gasteiger partial charge is 0.122 e. The maximum atomic E-state index is 6.25. The first-order valence-corrected chi connectivity index (χ1v) is 6.92. The van der Waals surface area contributed by atoms with Gasteiger partial charge in [-0.3, -0.25) is 10.5 Å². The fourth-order valence-corrected chi connectivity index (χ4v) is 2.49. The molecule has 114 valence electrons. The van der Waals surface area contributed by atoms with Gasteiger partial charge in [0.05, 0.1) is 37.2 Å². The molecule has 0 aliphatic rings. The molecule has 6 nitrogen and oxygen atoms in total. The van der Waals surface area contributed by atoms with Crippen molar-refractivity contribution in [3.8, 4) is 11.5 Å². The molecule has 0 saturated heterocycles. The second-order valence-corrected chi connectivity index (χ2v) is 4.85. The van der Waals surface area contributed by atoms with Crippen LogP contribution >= 0.6 is 11.6 Å². The van der Waals surface area contributed by atoms with Crippen molar-refractivity contribution in [1.82, 2.24) is 15.2 Å². The van der Waals surface area contributed by atoms with Gasteiger partial charge in [-0.15, -0.1) is 0 Å². The minimum Gasteiger partial charge on any atom is -0.497 e. The number of nitrogens with zero attached hydrogens (tertiary/aromatic N) is 2. The largest absolute Gasteiger partial charge is 0.497 e. The molecular weight excluding hydrogens is 292 g/mol. The zero-order chi connectivity index (χ0) is 15.4. The minimum atomic E-state index is -0.316. The van der Waals surface area contributed by atoms with Crippen molar-refractivity contribution >= 4 is 11.6 Å². The summed E-state index contributed by atoms with van der Waals surface area (Å²) in [6.45, 7) is 2.69. The Kier molecular flexibility index (Phi) is 5.06. The number of rotatable bonds is 6. The maximum absolute atomic E-state index is 6.25. The van der Waals surface area contributed by atoms with Crippen molar-refractivity contribution in [1.29, 1.82) is 0 Å². The highest BCUT2D eigenvalue weighted by Crippen LogP contribution is 2.32. The Balaban J connectivity index is 2.53. The zero-order valence-electron chi connectivity index (χ0n) is 12.3. The van der Waals surface area contributed by atoms with E-state index in [9.17, 15) is 0 Å². The number of nitrogens with one attached hydrogen (secondary N) is 1. The number of hydrogen-bond acceptors (Lipinski definition) is 5. The van der Waals surface area contributed by atoms with Gasteiger partial charge in [0, 0.05) is 12.6 Å². The van der Waals surface area contributed by atoms with E-state index in [2.05, 4.69) is 10.5 Å². The molecule has 7 heteroatoms. The van der Waals surface area contributed by atoms with Crippen molar-refractivity contribution in [3.63, 3.8) is 0 Å². The maximum Gasteiger partial charge on any atom is 0.122 e. The molecule has 0 spiro atoms. The topological polar surface area (TPSA) is 74.3 Å². The lowest BCUT2D eigenvalue weighted by atomic mass is 10.0. The van der Waals surface area contributed by atoms with E-state index in [0.717, 1.165) is 11.3 Å². The molecule has 1 atom stereocenters. The van der Waals surface area contributed by atoms with Crippen LogP contribution in [0.1, 0.15) is 24.2 Å². The van der Waals surface area contributed by atoms with Gasteiger partial charge in [-0.05, 0) is 24.6 Å². The number of hydrazine groups is 1. The predicted octanol–water partition coefficient (Wildman–Crippen LogP) is 2.13. The lowest BCUT2D eigenvalue weighted by Crippen LogP contribution is -2.31. The zero-order valence-corrected chi connectivity index (χ0v) is 13.0. The number of hydrogen-bond donors (Lipinski definition) is 2. The average molecular weight is 311 g/mol. The molecule has 0 aliphatic carbocycles. The molecule has 2 aromatic rings. The summed E-state index contributed by atoms with van der Waals surface area (Å²) in [5.41, 5.74) is 4.47. The van der Waals surface area contributed by atoms with Gasteiger partial charge in [-0.1, -0.05) is 11.6 Å². The van der Waals surface area contributed by atoms with E-state index in [1.165, 1.54) is 0 Å². The van der Waals surface area contributed by atoms with Crippen LogP contribution in [0, 0.1) is 0 Å². The first kappa shape index (κ1) is 15.6. The summed E-state index contributed by atoms with van der Waals surface area (Å²) in [5.74, 6) is 7.11. The van der Waals surface area contributed by atoms with E-state index < -0.39 is 0 Å². The van der Waals surface area contributed by atoms with Gasteiger partial charge in [-0.25, -0.2) is 5.43 Å². The predicted molar refractivity (Wildman–Crippen MR) is 81.6 cm³/mol. The Morgan fingerprint density at radius 1 is 1.29 bits per heavy atom. The van der Waals surface area contributed by atoms with Crippen molar-refractivity contribution in [2.24, 2.45) is 5.84 Å². The fourth-order valence-electron chi connectivity index (χ4n) is 2.24. The Morgan fingerprint density at radius 3 is 2.38 bits per heavy atom. The molecule has 2 rings (SSSR count). The van der Waals surface area contributed by atoms with Crippen LogP contribution in [-0.4, -0.2) is 24.0 Å². The van der Waals surface area contributed by atoms with Gasteiger partial charge in [-0.2, -0.15) is 5.10 Å². The third-order valence-corrected chi connectivity index (χ3v) is 3.57. The van der Waals surface area contributed by atoms with E-state index >= 15 is 0 Å². The summed E-state index contributed by atoms with van der Waals surface area (Å²) in [7, 11) is 3.21. The highest BCUT2D eigenvalue weighted by Gasteiger charge is 2.22. The monoisotopic (exact) mass is 310 g/mol. The number of benzene rings is 1.